The number of hydrogen-bond donors (Lipinski definition) is 3. The number of imidazole rings is 1. The Morgan fingerprint density at radius 2 is 1.91 bits per heavy atom. The van der Waals surface area contributed by atoms with Gasteiger partial charge in [0.05, 0.1) is 21.9 Å². The summed E-state index contributed by atoms with van der Waals surface area (Å²) in [5.74, 6) is 0.0202. The number of aromatic amines is 2. The molecule has 0 spiro atoms. The number of hydrogen-bond acceptors (Lipinski definition) is 4. The molecule has 2 aromatic heterocycles. The second-order valence-electron chi connectivity index (χ2n) is 7.69. The average Bonchev–Trinajstić information content (AvgIpc) is 3.20. The summed E-state index contributed by atoms with van der Waals surface area (Å²) < 4.78 is 15.6. The maximum Gasteiger partial charge on any atom is 0.261 e. The number of nitrogens with one attached hydrogen (secondary N) is 3. The van der Waals surface area contributed by atoms with Crippen molar-refractivity contribution in [2.75, 3.05) is 5.32 Å². The van der Waals surface area contributed by atoms with Crippen LogP contribution in [0.2, 0.25) is 0 Å². The Hall–Kier alpha value is -4.11. The smallest absolute Gasteiger partial charge is 0.261 e. The van der Waals surface area contributed by atoms with Gasteiger partial charge in [0.2, 0.25) is 0 Å². The summed E-state index contributed by atoms with van der Waals surface area (Å²) in [5.41, 5.74) is 3.22. The Morgan fingerprint density at radius 3 is 2.73 bits per heavy atom. The topological polar surface area (TPSA) is 95.6 Å². The predicted octanol–water partition coefficient (Wildman–Crippen LogP) is 4.45. The zero-order valence-electron chi connectivity index (χ0n) is 17.5. The van der Waals surface area contributed by atoms with Gasteiger partial charge in [-0.15, -0.1) is 0 Å². The molecule has 0 saturated carbocycles. The largest absolute Gasteiger partial charge is 0.342 e. The van der Waals surface area contributed by atoms with Crippen molar-refractivity contribution < 1.29 is 9.18 Å². The number of halogens is 1. The monoisotopic (exact) mass is 459 g/mol. The van der Waals surface area contributed by atoms with Gasteiger partial charge in [0, 0.05) is 24.7 Å². The number of nitrogens with zero attached hydrogens (tertiary/aromatic N) is 2. The Morgan fingerprint density at radius 1 is 1.09 bits per heavy atom. The normalized spacial score (nSPS) is 11.2. The molecule has 0 aliphatic carbocycles. The zero-order valence-corrected chi connectivity index (χ0v) is 18.3. The van der Waals surface area contributed by atoms with E-state index in [0.29, 0.717) is 45.5 Å². The van der Waals surface area contributed by atoms with Crippen LogP contribution in [0.25, 0.3) is 21.9 Å². The van der Waals surface area contributed by atoms with Crippen molar-refractivity contribution in [3.8, 4) is 0 Å². The molecular formula is C24H18FN5O2S. The fraction of sp³-hybridized carbons (Fsp3) is 0.0833. The quantitative estimate of drug-likeness (QED) is 0.346. The second kappa shape index (κ2) is 8.10. The molecule has 5 rings (SSSR count). The summed E-state index contributed by atoms with van der Waals surface area (Å²) in [7, 11) is 1.59. The minimum absolute atomic E-state index is 0.225. The highest BCUT2D eigenvalue weighted by Crippen LogP contribution is 2.20. The molecule has 1 amide bonds. The van der Waals surface area contributed by atoms with Gasteiger partial charge in [-0.25, -0.2) is 9.37 Å². The number of aromatic nitrogens is 4. The summed E-state index contributed by atoms with van der Waals surface area (Å²) in [4.78, 5) is 35.8. The summed E-state index contributed by atoms with van der Waals surface area (Å²) in [6.45, 7) is 0. The number of benzene rings is 3. The lowest BCUT2D eigenvalue weighted by Gasteiger charge is -2.07. The molecule has 0 fully saturated rings. The fourth-order valence-electron chi connectivity index (χ4n) is 3.70. The van der Waals surface area contributed by atoms with Gasteiger partial charge in [-0.2, -0.15) is 0 Å². The Bertz CT molecular complexity index is 1670. The molecular weight excluding hydrogens is 441 g/mol. The molecule has 3 N–H and O–H groups in total. The lowest BCUT2D eigenvalue weighted by molar-refractivity contribution is 0.102. The van der Waals surface area contributed by atoms with Crippen molar-refractivity contribution in [3.63, 3.8) is 0 Å². The van der Waals surface area contributed by atoms with Crippen LogP contribution in [0.3, 0.4) is 0 Å². The van der Waals surface area contributed by atoms with E-state index in [2.05, 4.69) is 20.3 Å². The van der Waals surface area contributed by atoms with E-state index < -0.39 is 0 Å². The van der Waals surface area contributed by atoms with E-state index in [1.807, 2.05) is 0 Å². The molecule has 0 aliphatic rings. The predicted molar refractivity (Wildman–Crippen MR) is 128 cm³/mol. The van der Waals surface area contributed by atoms with Crippen molar-refractivity contribution in [2.24, 2.45) is 7.05 Å². The van der Waals surface area contributed by atoms with Gasteiger partial charge in [-0.05, 0) is 60.2 Å². The number of H-pyrrole nitrogens is 2. The lowest BCUT2D eigenvalue weighted by Crippen LogP contribution is -2.19. The van der Waals surface area contributed by atoms with Crippen molar-refractivity contribution in [3.05, 3.63) is 98.6 Å². The van der Waals surface area contributed by atoms with Gasteiger partial charge in [0.1, 0.15) is 11.6 Å². The third-order valence-electron chi connectivity index (χ3n) is 5.47. The molecule has 9 heteroatoms. The Kier molecular flexibility index (Phi) is 5.10. The molecule has 7 nitrogen and oxygen atoms in total. The van der Waals surface area contributed by atoms with E-state index in [1.54, 1.807) is 61.6 Å². The highest BCUT2D eigenvalue weighted by molar-refractivity contribution is 7.71. The number of fused-ring (bicyclic) bond motifs is 2. The lowest BCUT2D eigenvalue weighted by atomic mass is 10.1. The molecule has 0 bridgehead atoms. The van der Waals surface area contributed by atoms with Gasteiger partial charge >= 0.3 is 0 Å². The van der Waals surface area contributed by atoms with Gasteiger partial charge in [-0.1, -0.05) is 18.2 Å². The second-order valence-corrected chi connectivity index (χ2v) is 8.08. The molecule has 5 aromatic rings. The maximum atomic E-state index is 13.9. The minimum atomic E-state index is -0.331. The van der Waals surface area contributed by atoms with Crippen molar-refractivity contribution in [2.45, 2.75) is 6.42 Å². The van der Waals surface area contributed by atoms with Gasteiger partial charge in [0.25, 0.3) is 11.5 Å². The SMILES string of the molecule is Cn1c(=S)[nH]c2cc(C(=O)Nc3ccc4nc(Cc5ccccc5F)[nH]c4c3)ccc2c1=O. The zero-order chi connectivity index (χ0) is 23.1. The van der Waals surface area contributed by atoms with Crippen LogP contribution >= 0.6 is 12.2 Å². The van der Waals surface area contributed by atoms with E-state index in [-0.39, 0.29) is 22.1 Å². The average molecular weight is 460 g/mol. The highest BCUT2D eigenvalue weighted by atomic mass is 32.1. The molecule has 3 aromatic carbocycles. The van der Waals surface area contributed by atoms with Crippen molar-refractivity contribution in [1.29, 1.82) is 0 Å². The van der Waals surface area contributed by atoms with E-state index in [1.165, 1.54) is 10.6 Å². The Balaban J connectivity index is 1.40. The van der Waals surface area contributed by atoms with Crippen LogP contribution in [0.15, 0.2) is 65.5 Å². The van der Waals surface area contributed by atoms with Crippen LogP contribution in [0, 0.1) is 10.6 Å². The highest BCUT2D eigenvalue weighted by Gasteiger charge is 2.12. The number of amides is 1. The first-order valence-electron chi connectivity index (χ1n) is 10.2. The summed E-state index contributed by atoms with van der Waals surface area (Å²) in [5, 5.41) is 3.30. The van der Waals surface area contributed by atoms with Crippen LogP contribution in [0.4, 0.5) is 10.1 Å². The third-order valence-corrected chi connectivity index (χ3v) is 5.84. The first kappa shape index (κ1) is 20.8. The van der Waals surface area contributed by atoms with E-state index in [4.69, 9.17) is 12.2 Å². The molecule has 0 radical (unpaired) electrons. The standard InChI is InChI=1S/C24H18FN5O2S/c1-30-23(32)16-8-6-14(10-19(16)29-24(30)33)22(31)26-15-7-9-18-20(12-15)28-21(27-18)11-13-4-2-3-5-17(13)25/h2-10,12H,11H2,1H3,(H,26,31)(H,27,28)(H,29,33). The summed E-state index contributed by atoms with van der Waals surface area (Å²) >= 11 is 5.15. The van der Waals surface area contributed by atoms with Gasteiger partial charge in [0.15, 0.2) is 4.77 Å². The van der Waals surface area contributed by atoms with Gasteiger partial charge < -0.3 is 15.3 Å². The van der Waals surface area contributed by atoms with Crippen LogP contribution in [0.1, 0.15) is 21.7 Å². The molecule has 2 heterocycles. The number of anilines is 1. The summed E-state index contributed by atoms with van der Waals surface area (Å²) in [6.07, 6.45) is 0.334. The number of rotatable bonds is 4. The molecule has 0 saturated heterocycles. The minimum Gasteiger partial charge on any atom is -0.342 e. The van der Waals surface area contributed by atoms with Crippen molar-refractivity contribution in [1.82, 2.24) is 19.5 Å². The van der Waals surface area contributed by atoms with Gasteiger partial charge in [-0.3, -0.25) is 14.2 Å². The van der Waals surface area contributed by atoms with Crippen LogP contribution < -0.4 is 10.9 Å². The molecule has 0 atom stereocenters. The van der Waals surface area contributed by atoms with E-state index in [0.717, 1.165) is 5.52 Å². The third kappa shape index (κ3) is 3.94. The van der Waals surface area contributed by atoms with Crippen LogP contribution in [-0.2, 0) is 13.5 Å². The molecule has 164 valence electrons. The summed E-state index contributed by atoms with van der Waals surface area (Å²) in [6, 6.07) is 16.7. The number of carbonyl (C=O) groups is 1. The molecule has 33 heavy (non-hydrogen) atoms. The Labute approximate surface area is 191 Å². The number of carbonyl (C=O) groups excluding carboxylic acids is 1. The van der Waals surface area contributed by atoms with E-state index >= 15 is 0 Å². The molecule has 0 unspecified atom stereocenters. The first-order valence-corrected chi connectivity index (χ1v) is 10.6. The fourth-order valence-corrected chi connectivity index (χ4v) is 3.89. The maximum absolute atomic E-state index is 13.9. The van der Waals surface area contributed by atoms with Crippen molar-refractivity contribution >= 4 is 45.7 Å². The van der Waals surface area contributed by atoms with Crippen LogP contribution in [-0.4, -0.2) is 25.4 Å². The van der Waals surface area contributed by atoms with Crippen LogP contribution in [0.5, 0.6) is 0 Å². The first-order chi connectivity index (χ1) is 15.9. The molecule has 0 aliphatic heterocycles. The van der Waals surface area contributed by atoms with E-state index in [9.17, 15) is 14.0 Å².